The summed E-state index contributed by atoms with van der Waals surface area (Å²) in [5.41, 5.74) is 33.3. The fraction of sp³-hybridized carbons (Fsp3) is 0.0169. The minimum Gasteiger partial charge on any atom is -0.309 e. The van der Waals surface area contributed by atoms with Crippen LogP contribution >= 0.6 is 23.5 Å². The zero-order valence-corrected chi connectivity index (χ0v) is 70.6. The predicted octanol–water partition coefficient (Wildman–Crippen LogP) is 29.7. The maximum absolute atomic E-state index is 5.25. The van der Waals surface area contributed by atoms with E-state index in [1.165, 1.54) is 152 Å². The van der Waals surface area contributed by atoms with Gasteiger partial charge in [0.25, 0.3) is 0 Å². The zero-order chi connectivity index (χ0) is 83.9. The van der Waals surface area contributed by atoms with Crippen LogP contribution in [0, 0.1) is 0 Å². The molecule has 10 heteroatoms. The maximum atomic E-state index is 5.25. The van der Waals surface area contributed by atoms with Gasteiger partial charge in [-0.3, -0.25) is 0 Å². The van der Waals surface area contributed by atoms with E-state index in [-0.39, 0.29) is 0 Å². The minimum atomic E-state index is -0.589. The molecule has 0 saturated heterocycles. The summed E-state index contributed by atoms with van der Waals surface area (Å²) in [5, 5.41) is 10.0. The summed E-state index contributed by atoms with van der Waals surface area (Å²) in [5.74, 6) is 1.38. The van der Waals surface area contributed by atoms with Crippen molar-refractivity contribution in [1.82, 2.24) is 38.2 Å². The third-order valence-corrected chi connectivity index (χ3v) is 29.5. The summed E-state index contributed by atoms with van der Waals surface area (Å²) in [6, 6.07) is 159. The van der Waals surface area contributed by atoms with Gasteiger partial charge in [0, 0.05) is 107 Å². The highest BCUT2D eigenvalue weighted by atomic mass is 32.2. The average molecular weight is 1670 g/mol. The van der Waals surface area contributed by atoms with E-state index in [0.717, 1.165) is 78.6 Å². The van der Waals surface area contributed by atoms with Crippen molar-refractivity contribution in [3.8, 4) is 90.6 Å². The molecule has 24 aromatic rings. The second kappa shape index (κ2) is 28.3. The van der Waals surface area contributed by atoms with E-state index >= 15 is 0 Å². The Hall–Kier alpha value is -16.0. The monoisotopic (exact) mass is 1660 g/mol. The van der Waals surface area contributed by atoms with E-state index in [4.69, 9.17) is 19.9 Å². The van der Waals surface area contributed by atoms with E-state index < -0.39 is 10.8 Å². The lowest BCUT2D eigenvalue weighted by molar-refractivity contribution is 0.691. The molecule has 128 heavy (non-hydrogen) atoms. The highest BCUT2D eigenvalue weighted by Crippen LogP contribution is 2.65. The molecule has 0 aliphatic carbocycles. The van der Waals surface area contributed by atoms with Gasteiger partial charge < -0.3 is 18.3 Å². The van der Waals surface area contributed by atoms with E-state index in [0.29, 0.717) is 11.6 Å². The molecule has 2 atom stereocenters. The Labute approximate surface area is 745 Å². The summed E-state index contributed by atoms with van der Waals surface area (Å²) in [7, 11) is 0. The maximum Gasteiger partial charge on any atom is 0.160 e. The van der Waals surface area contributed by atoms with Crippen LogP contribution in [0.2, 0.25) is 0 Å². The Morgan fingerprint density at radius 1 is 0.188 bits per heavy atom. The molecule has 4 aliphatic heterocycles. The van der Waals surface area contributed by atoms with Gasteiger partial charge >= 0.3 is 0 Å². The number of benzene rings is 18. The predicted molar refractivity (Wildman–Crippen MR) is 526 cm³/mol. The van der Waals surface area contributed by atoms with Crippen LogP contribution < -0.4 is 0 Å². The Balaban J connectivity index is 0.000000132. The molecule has 0 radical (unpaired) electrons. The molecule has 8 nitrogen and oxygen atoms in total. The second-order valence-electron chi connectivity index (χ2n) is 33.7. The minimum absolute atomic E-state index is 0.563. The summed E-state index contributed by atoms with van der Waals surface area (Å²) >= 11 is 3.79. The highest BCUT2D eigenvalue weighted by Gasteiger charge is 2.52. The van der Waals surface area contributed by atoms with Gasteiger partial charge in [-0.1, -0.05) is 363 Å². The molecule has 0 bridgehead atoms. The Bertz CT molecular complexity index is 8670. The van der Waals surface area contributed by atoms with Crippen molar-refractivity contribution in [2.45, 2.75) is 30.4 Å². The van der Waals surface area contributed by atoms with Gasteiger partial charge in [-0.2, -0.15) is 0 Å². The van der Waals surface area contributed by atoms with Crippen molar-refractivity contribution in [3.05, 3.63) is 481 Å². The lowest BCUT2D eigenvalue weighted by Gasteiger charge is -2.45. The van der Waals surface area contributed by atoms with Gasteiger partial charge in [-0.05, 0) is 142 Å². The Morgan fingerprint density at radius 2 is 0.531 bits per heavy atom. The van der Waals surface area contributed by atoms with E-state index in [9.17, 15) is 0 Å². The molecular weight excluding hydrogens is 1590 g/mol. The molecule has 6 aromatic heterocycles. The number of hydrogen-bond donors (Lipinski definition) is 0. The van der Waals surface area contributed by atoms with E-state index in [1.807, 2.05) is 47.8 Å². The Kier molecular flexibility index (Phi) is 16.0. The fourth-order valence-corrected chi connectivity index (χ4v) is 24.4. The number of para-hydroxylation sites is 8. The third kappa shape index (κ3) is 10.5. The van der Waals surface area contributed by atoms with Crippen molar-refractivity contribution in [2.24, 2.45) is 0 Å². The van der Waals surface area contributed by atoms with Crippen molar-refractivity contribution in [1.29, 1.82) is 0 Å². The van der Waals surface area contributed by atoms with Crippen molar-refractivity contribution in [3.63, 3.8) is 0 Å². The molecule has 0 N–H and O–H groups in total. The second-order valence-corrected chi connectivity index (χ2v) is 35.9. The largest absolute Gasteiger partial charge is 0.309 e. The lowest BCUT2D eigenvalue weighted by Crippen LogP contribution is -2.37. The van der Waals surface area contributed by atoms with Crippen LogP contribution in [0.1, 0.15) is 44.5 Å². The molecule has 0 fully saturated rings. The van der Waals surface area contributed by atoms with Gasteiger partial charge in [0.05, 0.1) is 89.1 Å². The summed E-state index contributed by atoms with van der Waals surface area (Å²) in [4.78, 5) is 26.0. The van der Waals surface area contributed by atoms with Crippen LogP contribution in [-0.2, 0) is 10.8 Å². The van der Waals surface area contributed by atoms with Crippen molar-refractivity contribution in [2.75, 3.05) is 0 Å². The summed E-state index contributed by atoms with van der Waals surface area (Å²) in [6.45, 7) is 0. The molecule has 0 saturated carbocycles. The number of nitrogens with zero attached hydrogens (tertiary/aromatic N) is 8. The first kappa shape index (κ1) is 72.5. The number of hydrogen-bond acceptors (Lipinski definition) is 6. The fourth-order valence-electron chi connectivity index (χ4n) is 21.9. The quantitative estimate of drug-likeness (QED) is 0.151. The zero-order valence-electron chi connectivity index (χ0n) is 69.0. The first-order valence-electron chi connectivity index (χ1n) is 43.7. The van der Waals surface area contributed by atoms with E-state index in [1.54, 1.807) is 0 Å². The van der Waals surface area contributed by atoms with Gasteiger partial charge in [0.15, 0.2) is 11.6 Å². The van der Waals surface area contributed by atoms with E-state index in [2.05, 4.69) is 431 Å². The molecule has 4 aliphatic rings. The van der Waals surface area contributed by atoms with Gasteiger partial charge in [-0.15, -0.1) is 0 Å². The van der Waals surface area contributed by atoms with Crippen LogP contribution in [0.5, 0.6) is 0 Å². The SMILES string of the molecule is c1ccc(-c2cc(-c3ccccc3)nc(-c3cccc(-n4c5ccccc5c5cc6c(cc54)Sc4ccccc4C64c5ccccc5-n5c6ccccc6c6cccc4c65)c3)n2)cc1.c1ccc(-c2cc(-c3ccccc3)nc(-c3cccc(-n4c5ccccc5c5ccc6c(c54)Sc4ccccc4C64c5ccccc5-n5c6ccccc6c6cccc4c65)c3)n2)cc1. The third-order valence-electron chi connectivity index (χ3n) is 27.1. The van der Waals surface area contributed by atoms with Gasteiger partial charge in [0.2, 0.25) is 0 Å². The number of aromatic nitrogens is 8. The van der Waals surface area contributed by atoms with Crippen LogP contribution in [0.25, 0.3) is 178 Å². The Morgan fingerprint density at radius 3 is 1.01 bits per heavy atom. The molecule has 18 aromatic carbocycles. The van der Waals surface area contributed by atoms with Crippen LogP contribution in [0.15, 0.2) is 456 Å². The van der Waals surface area contributed by atoms with Crippen molar-refractivity contribution >= 4 is 111 Å². The van der Waals surface area contributed by atoms with Gasteiger partial charge in [0.1, 0.15) is 0 Å². The standard InChI is InChI=1S/2C59H36N4S/c1-3-17-37(18-4-1)49-35-50(38-19-5-2-6-20-38)61-58(60-49)39-21-15-22-40(33-39)62-51-29-11-8-24-42(51)44-34-48-56(36-54(44)62)64-55-32-14-10-27-46(55)59(48)45-26-9-13-31-53(45)63-52-30-12-7-23-41(52)43-25-16-28-47(59)57(43)63;1-3-17-37(18-4-1)49-36-50(38-19-5-2-6-20-38)61-58(60-49)39-21-15-22-40(35-39)62-51-29-11-7-24-42(51)44-33-34-48-57(56(44)62)64-54-32-14-10-27-46(54)59(48)45-26-9-13-31-53(45)63-52-30-12-8-23-41(52)43-25-16-28-47(59)55(43)63/h2*1-36H. The average Bonchev–Trinajstić information content (AvgIpc) is 1.37. The molecule has 2 spiro atoms. The molecule has 10 heterocycles. The van der Waals surface area contributed by atoms with Crippen LogP contribution in [0.3, 0.4) is 0 Å². The topological polar surface area (TPSA) is 71.3 Å². The molecular formula is C118H72N8S2. The lowest BCUT2D eigenvalue weighted by atomic mass is 9.62. The highest BCUT2D eigenvalue weighted by molar-refractivity contribution is 8.00. The number of rotatable bonds is 8. The summed E-state index contributed by atoms with van der Waals surface area (Å²) < 4.78 is 9.97. The first-order valence-corrected chi connectivity index (χ1v) is 45.3. The van der Waals surface area contributed by atoms with Crippen LogP contribution in [0.4, 0.5) is 0 Å². The van der Waals surface area contributed by atoms with Crippen LogP contribution in [-0.4, -0.2) is 38.2 Å². The summed E-state index contributed by atoms with van der Waals surface area (Å²) in [6.07, 6.45) is 0. The molecule has 596 valence electrons. The smallest absolute Gasteiger partial charge is 0.160 e. The first-order chi connectivity index (χ1) is 63.5. The van der Waals surface area contributed by atoms with Gasteiger partial charge in [-0.25, -0.2) is 19.9 Å². The molecule has 28 rings (SSSR count). The number of fused-ring (bicyclic) bond motifs is 29. The molecule has 0 amide bonds. The molecule has 2 unspecified atom stereocenters. The normalized spacial score (nSPS) is 14.9. The van der Waals surface area contributed by atoms with Crippen molar-refractivity contribution < 1.29 is 0 Å².